The van der Waals surface area contributed by atoms with Gasteiger partial charge in [0.1, 0.15) is 27.5 Å². The van der Waals surface area contributed by atoms with E-state index in [-0.39, 0.29) is 17.1 Å². The summed E-state index contributed by atoms with van der Waals surface area (Å²) in [5.74, 6) is -2.05. The first-order chi connectivity index (χ1) is 9.43. The number of nitriles is 1. The van der Waals surface area contributed by atoms with Gasteiger partial charge in [-0.3, -0.25) is 0 Å². The van der Waals surface area contributed by atoms with E-state index in [1.165, 1.54) is 6.20 Å². The van der Waals surface area contributed by atoms with E-state index in [0.717, 1.165) is 0 Å². The molecule has 20 heavy (non-hydrogen) atoms. The van der Waals surface area contributed by atoms with Crippen molar-refractivity contribution in [2.75, 3.05) is 5.32 Å². The zero-order valence-electron chi connectivity index (χ0n) is 9.88. The summed E-state index contributed by atoms with van der Waals surface area (Å²) in [5, 5.41) is 10.5. The van der Waals surface area contributed by atoms with Crippen LogP contribution in [0, 0.1) is 30.2 Å². The van der Waals surface area contributed by atoms with Gasteiger partial charge in [0.25, 0.3) is 0 Å². The summed E-state index contributed by atoms with van der Waals surface area (Å²) in [4.78, 5) is 10.7. The molecule has 2 aromatic heterocycles. The molecular formula is C11H5Cl2F2N5. The SMILES string of the molecule is Cc1ncc(C#N)c(Nc2c(Cl)c(F)nc(F)c2Cl)n1. The Bertz CT molecular complexity index is 703. The first kappa shape index (κ1) is 14.4. The summed E-state index contributed by atoms with van der Waals surface area (Å²) < 4.78 is 26.6. The first-order valence-electron chi connectivity index (χ1n) is 5.14. The van der Waals surface area contributed by atoms with Crippen LogP contribution >= 0.6 is 23.2 Å². The van der Waals surface area contributed by atoms with Gasteiger partial charge >= 0.3 is 0 Å². The molecule has 0 bridgehead atoms. The summed E-state index contributed by atoms with van der Waals surface area (Å²) in [5.41, 5.74) is -0.187. The number of rotatable bonds is 2. The molecule has 0 amide bonds. The molecule has 0 spiro atoms. The molecule has 0 aliphatic rings. The maximum atomic E-state index is 13.3. The van der Waals surface area contributed by atoms with E-state index in [0.29, 0.717) is 5.82 Å². The van der Waals surface area contributed by atoms with Gasteiger partial charge < -0.3 is 5.32 Å². The minimum atomic E-state index is -1.22. The summed E-state index contributed by atoms with van der Waals surface area (Å²) in [7, 11) is 0. The number of aromatic nitrogens is 3. The third-order valence-electron chi connectivity index (χ3n) is 2.27. The Balaban J connectivity index is 2.56. The maximum Gasteiger partial charge on any atom is 0.236 e. The molecule has 0 saturated heterocycles. The molecule has 2 rings (SSSR count). The molecule has 9 heteroatoms. The summed E-state index contributed by atoms with van der Waals surface area (Å²) in [6.45, 7) is 1.59. The Morgan fingerprint density at radius 3 is 2.35 bits per heavy atom. The van der Waals surface area contributed by atoms with Crippen molar-refractivity contribution >= 4 is 34.7 Å². The minimum Gasteiger partial charge on any atom is -0.336 e. The molecule has 0 radical (unpaired) electrons. The third kappa shape index (κ3) is 2.61. The van der Waals surface area contributed by atoms with Gasteiger partial charge in [0, 0.05) is 0 Å². The van der Waals surface area contributed by atoms with Crippen molar-refractivity contribution in [2.24, 2.45) is 0 Å². The number of pyridine rings is 1. The topological polar surface area (TPSA) is 74.5 Å². The van der Waals surface area contributed by atoms with Gasteiger partial charge in [-0.1, -0.05) is 23.2 Å². The molecule has 0 aromatic carbocycles. The maximum absolute atomic E-state index is 13.3. The Morgan fingerprint density at radius 1 is 1.20 bits per heavy atom. The molecule has 0 saturated carbocycles. The monoisotopic (exact) mass is 315 g/mol. The number of hydrogen-bond donors (Lipinski definition) is 1. The van der Waals surface area contributed by atoms with Crippen LogP contribution in [0.3, 0.4) is 0 Å². The highest BCUT2D eigenvalue weighted by Gasteiger charge is 2.19. The Labute approximate surface area is 122 Å². The smallest absolute Gasteiger partial charge is 0.236 e. The molecule has 0 aliphatic carbocycles. The molecule has 2 heterocycles. The van der Waals surface area contributed by atoms with Gasteiger partial charge in [0.05, 0.1) is 11.9 Å². The normalized spacial score (nSPS) is 10.2. The fraction of sp³-hybridized carbons (Fsp3) is 0.0909. The molecule has 1 N–H and O–H groups in total. The van der Waals surface area contributed by atoms with Crippen molar-refractivity contribution in [1.82, 2.24) is 15.0 Å². The van der Waals surface area contributed by atoms with Crippen LogP contribution in [-0.2, 0) is 0 Å². The van der Waals surface area contributed by atoms with Crippen LogP contribution in [-0.4, -0.2) is 15.0 Å². The molecular weight excluding hydrogens is 311 g/mol. The average Bonchev–Trinajstić information content (AvgIpc) is 2.41. The minimum absolute atomic E-state index is 0.0359. The van der Waals surface area contributed by atoms with Gasteiger partial charge in [0.15, 0.2) is 5.82 Å². The molecule has 0 aliphatic heterocycles. The highest BCUT2D eigenvalue weighted by Crippen LogP contribution is 2.35. The zero-order valence-corrected chi connectivity index (χ0v) is 11.4. The zero-order chi connectivity index (χ0) is 14.9. The fourth-order valence-corrected chi connectivity index (χ4v) is 1.78. The van der Waals surface area contributed by atoms with E-state index in [4.69, 9.17) is 28.5 Å². The summed E-state index contributed by atoms with van der Waals surface area (Å²) >= 11 is 11.4. The van der Waals surface area contributed by atoms with Crippen LogP contribution in [0.4, 0.5) is 20.3 Å². The van der Waals surface area contributed by atoms with Crippen LogP contribution in [0.5, 0.6) is 0 Å². The summed E-state index contributed by atoms with van der Waals surface area (Å²) in [6.07, 6.45) is 1.26. The lowest BCUT2D eigenvalue weighted by Crippen LogP contribution is -2.04. The van der Waals surface area contributed by atoms with Crippen molar-refractivity contribution in [3.8, 4) is 6.07 Å². The van der Waals surface area contributed by atoms with Gasteiger partial charge in [-0.25, -0.2) is 9.97 Å². The van der Waals surface area contributed by atoms with E-state index in [2.05, 4.69) is 20.3 Å². The Morgan fingerprint density at radius 2 is 1.80 bits per heavy atom. The third-order valence-corrected chi connectivity index (χ3v) is 2.96. The Hall–Kier alpha value is -2.04. The molecule has 102 valence electrons. The lowest BCUT2D eigenvalue weighted by Gasteiger charge is -2.11. The number of nitrogens with one attached hydrogen (secondary N) is 1. The predicted molar refractivity (Wildman–Crippen MR) is 68.9 cm³/mol. The van der Waals surface area contributed by atoms with Crippen molar-refractivity contribution in [3.63, 3.8) is 0 Å². The standard InChI is InChI=1S/C11H5Cl2F2N5/c1-4-17-3-5(2-16)11(18-4)19-8-6(12)9(14)20-10(15)7(8)13/h3H,1H3,(H,17,18,19,20). The van der Waals surface area contributed by atoms with Crippen molar-refractivity contribution in [3.05, 3.63) is 39.5 Å². The van der Waals surface area contributed by atoms with E-state index < -0.39 is 21.9 Å². The van der Waals surface area contributed by atoms with Crippen LogP contribution < -0.4 is 5.32 Å². The van der Waals surface area contributed by atoms with Crippen molar-refractivity contribution in [2.45, 2.75) is 6.92 Å². The van der Waals surface area contributed by atoms with Crippen LogP contribution in [0.2, 0.25) is 10.0 Å². The second-order valence-electron chi connectivity index (χ2n) is 3.61. The van der Waals surface area contributed by atoms with E-state index in [1.807, 2.05) is 6.07 Å². The van der Waals surface area contributed by atoms with Crippen molar-refractivity contribution < 1.29 is 8.78 Å². The van der Waals surface area contributed by atoms with E-state index in [9.17, 15) is 8.78 Å². The number of hydrogen-bond acceptors (Lipinski definition) is 5. The molecule has 5 nitrogen and oxygen atoms in total. The second-order valence-corrected chi connectivity index (χ2v) is 4.37. The first-order valence-corrected chi connectivity index (χ1v) is 5.90. The fourth-order valence-electron chi connectivity index (χ4n) is 1.36. The number of aryl methyl sites for hydroxylation is 1. The largest absolute Gasteiger partial charge is 0.336 e. The lowest BCUT2D eigenvalue weighted by atomic mass is 10.3. The van der Waals surface area contributed by atoms with E-state index in [1.54, 1.807) is 6.92 Å². The van der Waals surface area contributed by atoms with Crippen LogP contribution in [0.25, 0.3) is 0 Å². The van der Waals surface area contributed by atoms with Gasteiger partial charge in [0.2, 0.25) is 11.9 Å². The van der Waals surface area contributed by atoms with Crippen molar-refractivity contribution in [1.29, 1.82) is 5.26 Å². The molecule has 0 atom stereocenters. The summed E-state index contributed by atoms with van der Waals surface area (Å²) in [6, 6.07) is 1.83. The average molecular weight is 316 g/mol. The highest BCUT2D eigenvalue weighted by molar-refractivity contribution is 6.39. The van der Waals surface area contributed by atoms with Gasteiger partial charge in [-0.05, 0) is 6.92 Å². The second kappa shape index (κ2) is 5.53. The number of anilines is 2. The van der Waals surface area contributed by atoms with Gasteiger partial charge in [-0.2, -0.15) is 19.0 Å². The molecule has 0 unspecified atom stereocenters. The molecule has 0 fully saturated rings. The van der Waals surface area contributed by atoms with Crippen LogP contribution in [0.15, 0.2) is 6.20 Å². The lowest BCUT2D eigenvalue weighted by molar-refractivity contribution is 0.514. The van der Waals surface area contributed by atoms with Crippen LogP contribution in [0.1, 0.15) is 11.4 Å². The van der Waals surface area contributed by atoms with Gasteiger partial charge in [-0.15, -0.1) is 0 Å². The highest BCUT2D eigenvalue weighted by atomic mass is 35.5. The number of nitrogens with zero attached hydrogens (tertiary/aromatic N) is 4. The van der Waals surface area contributed by atoms with E-state index >= 15 is 0 Å². The quantitative estimate of drug-likeness (QED) is 0.860. The molecule has 2 aromatic rings. The predicted octanol–water partition coefficient (Wildman–Crippen LogP) is 3.38. The number of halogens is 4. The Kier molecular flexibility index (Phi) is 3.97.